The summed E-state index contributed by atoms with van der Waals surface area (Å²) in [5.74, 6) is -2.77. The van der Waals surface area contributed by atoms with Crippen LogP contribution >= 0.6 is 58.0 Å². The van der Waals surface area contributed by atoms with Crippen molar-refractivity contribution in [2.75, 3.05) is 13.2 Å². The molecule has 0 N–H and O–H groups in total. The van der Waals surface area contributed by atoms with Gasteiger partial charge in [0.15, 0.2) is 0 Å². The summed E-state index contributed by atoms with van der Waals surface area (Å²) in [6.07, 6.45) is 1.00. The van der Waals surface area contributed by atoms with Crippen molar-refractivity contribution >= 4 is 76.0 Å². The number of rotatable bonds is 6. The Morgan fingerprint density at radius 2 is 1.38 bits per heavy atom. The van der Waals surface area contributed by atoms with Gasteiger partial charge in [0.2, 0.25) is 14.9 Å². The molecule has 0 fully saturated rings. The van der Waals surface area contributed by atoms with Crippen molar-refractivity contribution in [3.05, 3.63) is 0 Å². The lowest BCUT2D eigenvalue weighted by atomic mass is 9.99. The molecule has 1 unspecified atom stereocenters. The number of esters is 2. The maximum Gasteiger partial charge on any atom is 0.343 e. The highest BCUT2D eigenvalue weighted by Crippen LogP contribution is 2.53. The summed E-state index contributed by atoms with van der Waals surface area (Å²) in [7, 11) is 0. The highest BCUT2D eigenvalue weighted by molar-refractivity contribution is 6.73. The van der Waals surface area contributed by atoms with E-state index in [2.05, 4.69) is 14.5 Å². The molecule has 0 aliphatic carbocycles. The van der Waals surface area contributed by atoms with E-state index in [1.54, 1.807) is 0 Å². The van der Waals surface area contributed by atoms with E-state index in [1.165, 1.54) is 13.8 Å². The number of nitrogens with zero attached hydrogens (tertiary/aromatic N) is 1. The summed E-state index contributed by atoms with van der Waals surface area (Å²) in [5, 5.41) is 0. The predicted molar refractivity (Wildman–Crippen MR) is 78.8 cm³/mol. The van der Waals surface area contributed by atoms with Crippen molar-refractivity contribution in [3.8, 4) is 0 Å². The van der Waals surface area contributed by atoms with Crippen molar-refractivity contribution in [3.63, 3.8) is 0 Å². The molecule has 11 heteroatoms. The average molecular weight is 401 g/mol. The van der Waals surface area contributed by atoms with Gasteiger partial charge in [-0.05, 0) is 13.8 Å². The van der Waals surface area contributed by atoms with E-state index in [0.717, 1.165) is 6.08 Å². The number of isocyanates is 1. The molecule has 0 aromatic heterocycles. The van der Waals surface area contributed by atoms with Crippen LogP contribution in [0.15, 0.2) is 4.99 Å². The zero-order valence-electron chi connectivity index (χ0n) is 10.8. The highest BCUT2D eigenvalue weighted by Gasteiger charge is 2.72. The summed E-state index contributed by atoms with van der Waals surface area (Å²) >= 11 is 28.7. The third kappa shape index (κ3) is 3.95. The topological polar surface area (TPSA) is 82.0 Å². The first-order valence-corrected chi connectivity index (χ1v) is 7.29. The average Bonchev–Trinajstić information content (AvgIpc) is 2.36. The van der Waals surface area contributed by atoms with E-state index in [-0.39, 0.29) is 13.2 Å². The monoisotopic (exact) mass is 399 g/mol. The van der Waals surface area contributed by atoms with Crippen LogP contribution in [0.5, 0.6) is 0 Å². The van der Waals surface area contributed by atoms with Crippen molar-refractivity contribution < 1.29 is 23.9 Å². The standard InChI is InChI=1S/C10H10Cl5NO5/c1-3-20-6(18)8(11,7(19)21-4-2)9(12,16-5-17)10(13,14)15/h3-4H2,1-2H3. The lowest BCUT2D eigenvalue weighted by Crippen LogP contribution is -2.63. The fourth-order valence-electron chi connectivity index (χ4n) is 1.21. The molecule has 0 aliphatic rings. The van der Waals surface area contributed by atoms with E-state index in [4.69, 9.17) is 58.0 Å². The lowest BCUT2D eigenvalue weighted by molar-refractivity contribution is -0.160. The van der Waals surface area contributed by atoms with Crippen molar-refractivity contribution in [2.45, 2.75) is 27.5 Å². The second kappa shape index (κ2) is 7.86. The maximum atomic E-state index is 12.0. The summed E-state index contributed by atoms with van der Waals surface area (Å²) < 4.78 is 6.65. The second-order valence-corrected chi connectivity index (χ2v) is 6.82. The number of hydrogen-bond donors (Lipinski definition) is 0. The zero-order valence-corrected chi connectivity index (χ0v) is 14.6. The molecular weight excluding hydrogens is 391 g/mol. The number of ether oxygens (including phenoxy) is 2. The molecule has 0 bridgehead atoms. The summed E-state index contributed by atoms with van der Waals surface area (Å²) in [4.78, 5) is 32.0. The van der Waals surface area contributed by atoms with E-state index >= 15 is 0 Å². The molecule has 0 rings (SSSR count). The quantitative estimate of drug-likeness (QED) is 0.171. The molecule has 0 saturated carbocycles. The summed E-state index contributed by atoms with van der Waals surface area (Å²) in [6, 6.07) is 0. The smallest absolute Gasteiger partial charge is 0.343 e. The first kappa shape index (κ1) is 20.8. The van der Waals surface area contributed by atoms with Crippen LogP contribution in [-0.2, 0) is 23.9 Å². The van der Waals surface area contributed by atoms with E-state index < -0.39 is 25.6 Å². The van der Waals surface area contributed by atoms with E-state index in [9.17, 15) is 14.4 Å². The van der Waals surface area contributed by atoms with Gasteiger partial charge in [0.25, 0.3) is 4.87 Å². The third-order valence-electron chi connectivity index (χ3n) is 2.15. The summed E-state index contributed by atoms with van der Waals surface area (Å²) in [5.41, 5.74) is 0. The Labute approximate surface area is 145 Å². The molecular formula is C10H10Cl5NO5. The van der Waals surface area contributed by atoms with Crippen LogP contribution in [0.2, 0.25) is 0 Å². The molecule has 0 saturated heterocycles. The lowest BCUT2D eigenvalue weighted by Gasteiger charge is -2.38. The maximum absolute atomic E-state index is 12.0. The van der Waals surface area contributed by atoms with Gasteiger partial charge >= 0.3 is 11.9 Å². The Morgan fingerprint density at radius 3 is 1.62 bits per heavy atom. The molecule has 0 heterocycles. The molecule has 0 amide bonds. The Bertz CT molecular complexity index is 441. The number of halogens is 5. The van der Waals surface area contributed by atoms with Crippen LogP contribution in [0.1, 0.15) is 13.8 Å². The number of carbonyl (C=O) groups is 2. The van der Waals surface area contributed by atoms with Gasteiger partial charge in [0.1, 0.15) is 0 Å². The number of aliphatic imine (C=N–C) groups is 1. The van der Waals surface area contributed by atoms with Crippen LogP contribution in [0.4, 0.5) is 0 Å². The van der Waals surface area contributed by atoms with Gasteiger partial charge in [0, 0.05) is 0 Å². The van der Waals surface area contributed by atoms with Gasteiger partial charge in [-0.15, -0.1) is 0 Å². The first-order valence-electron chi connectivity index (χ1n) is 5.40. The van der Waals surface area contributed by atoms with Crippen LogP contribution in [-0.4, -0.2) is 44.9 Å². The third-order valence-corrected chi connectivity index (χ3v) is 4.59. The normalized spacial score (nSPS) is 14.6. The van der Waals surface area contributed by atoms with Crippen molar-refractivity contribution in [1.82, 2.24) is 0 Å². The molecule has 21 heavy (non-hydrogen) atoms. The molecule has 0 aromatic rings. The number of carbonyl (C=O) groups excluding carboxylic acids is 3. The number of alkyl halides is 5. The fourth-order valence-corrected chi connectivity index (χ4v) is 2.39. The molecule has 0 aromatic carbocycles. The van der Waals surface area contributed by atoms with Gasteiger partial charge in [-0.3, -0.25) is 0 Å². The minimum absolute atomic E-state index is 0.162. The minimum Gasteiger partial charge on any atom is -0.464 e. The number of hydrogen-bond acceptors (Lipinski definition) is 6. The summed E-state index contributed by atoms with van der Waals surface area (Å²) in [6.45, 7) is 2.55. The van der Waals surface area contributed by atoms with Gasteiger partial charge in [0.05, 0.1) is 13.2 Å². The Morgan fingerprint density at radius 1 is 1.00 bits per heavy atom. The van der Waals surface area contributed by atoms with Crippen LogP contribution in [0.3, 0.4) is 0 Å². The predicted octanol–water partition coefficient (Wildman–Crippen LogP) is 2.73. The van der Waals surface area contributed by atoms with Gasteiger partial charge < -0.3 is 9.47 Å². The zero-order chi connectivity index (χ0) is 16.9. The van der Waals surface area contributed by atoms with E-state index in [0.29, 0.717) is 0 Å². The van der Waals surface area contributed by atoms with Crippen molar-refractivity contribution in [2.24, 2.45) is 4.99 Å². The molecule has 120 valence electrons. The van der Waals surface area contributed by atoms with Crippen LogP contribution < -0.4 is 0 Å². The van der Waals surface area contributed by atoms with Gasteiger partial charge in [-0.2, -0.15) is 4.99 Å². The Balaban J connectivity index is 6.27. The Kier molecular flexibility index (Phi) is 7.77. The Hall–Kier alpha value is -0.230. The second-order valence-electron chi connectivity index (χ2n) is 3.42. The molecule has 0 spiro atoms. The van der Waals surface area contributed by atoms with E-state index in [1.807, 2.05) is 0 Å². The highest BCUT2D eigenvalue weighted by atomic mass is 35.6. The molecule has 6 nitrogen and oxygen atoms in total. The van der Waals surface area contributed by atoms with Crippen LogP contribution in [0.25, 0.3) is 0 Å². The molecule has 1 atom stereocenters. The minimum atomic E-state index is -2.90. The largest absolute Gasteiger partial charge is 0.464 e. The molecule has 0 aliphatic heterocycles. The van der Waals surface area contributed by atoms with Gasteiger partial charge in [-0.1, -0.05) is 58.0 Å². The fraction of sp³-hybridized carbons (Fsp3) is 0.700. The first-order chi connectivity index (χ1) is 9.52. The van der Waals surface area contributed by atoms with Crippen LogP contribution in [0, 0.1) is 0 Å². The van der Waals surface area contributed by atoms with Gasteiger partial charge in [-0.25, -0.2) is 14.4 Å². The SMILES string of the molecule is CCOC(=O)C(Cl)(C(=O)OCC)C(Cl)(N=C=O)C(Cl)(Cl)Cl. The van der Waals surface area contributed by atoms with Crippen molar-refractivity contribution in [1.29, 1.82) is 0 Å². The molecule has 0 radical (unpaired) electrons.